The number of ether oxygens (including phenoxy) is 1. The maximum Gasteiger partial charge on any atom is 0.433 e. The zero-order valence-electron chi connectivity index (χ0n) is 9.82. The Morgan fingerprint density at radius 2 is 1.79 bits per heavy atom. The molecule has 100 valence electrons. The minimum absolute atomic E-state index is 0.115. The Morgan fingerprint density at radius 1 is 1.05 bits per heavy atom. The molecule has 2 aromatic rings. The van der Waals surface area contributed by atoms with Gasteiger partial charge in [-0.1, -0.05) is 24.3 Å². The summed E-state index contributed by atoms with van der Waals surface area (Å²) in [5.74, 6) is 0.285. The van der Waals surface area contributed by atoms with Gasteiger partial charge in [0.05, 0.1) is 0 Å². The molecular formula is C13H11F3N2O. The molecule has 0 bridgehead atoms. The zero-order chi connectivity index (χ0) is 13.9. The lowest BCUT2D eigenvalue weighted by atomic mass is 10.2. The van der Waals surface area contributed by atoms with E-state index < -0.39 is 11.9 Å². The van der Waals surface area contributed by atoms with Crippen molar-refractivity contribution < 1.29 is 17.9 Å². The first-order valence-electron chi connectivity index (χ1n) is 5.51. The van der Waals surface area contributed by atoms with Crippen LogP contribution >= 0.6 is 0 Å². The normalized spacial score (nSPS) is 11.4. The number of benzene rings is 1. The topological polar surface area (TPSA) is 48.1 Å². The molecule has 1 aromatic heterocycles. The zero-order valence-corrected chi connectivity index (χ0v) is 9.82. The Morgan fingerprint density at radius 3 is 2.47 bits per heavy atom. The molecule has 0 aliphatic carbocycles. The summed E-state index contributed by atoms with van der Waals surface area (Å²) in [4.78, 5) is 3.43. The second-order valence-corrected chi connectivity index (χ2v) is 3.77. The maximum atomic E-state index is 12.5. The van der Waals surface area contributed by atoms with Crippen LogP contribution in [0.1, 0.15) is 11.3 Å². The molecule has 0 amide bonds. The van der Waals surface area contributed by atoms with Crippen LogP contribution in [0.25, 0.3) is 0 Å². The fraction of sp³-hybridized carbons (Fsp3) is 0.154. The number of hydrogen-bond donors (Lipinski definition) is 1. The molecule has 1 aromatic carbocycles. The van der Waals surface area contributed by atoms with Crippen LogP contribution in [0, 0.1) is 0 Å². The lowest BCUT2D eigenvalue weighted by Crippen LogP contribution is -2.08. The van der Waals surface area contributed by atoms with Crippen molar-refractivity contribution in [1.29, 1.82) is 0 Å². The van der Waals surface area contributed by atoms with Crippen LogP contribution in [0.3, 0.4) is 0 Å². The molecule has 1 heterocycles. The van der Waals surface area contributed by atoms with Gasteiger partial charge in [-0.2, -0.15) is 13.2 Å². The Hall–Kier alpha value is -2.08. The molecule has 0 spiro atoms. The molecule has 6 heteroatoms. The second-order valence-electron chi connectivity index (χ2n) is 3.77. The summed E-state index contributed by atoms with van der Waals surface area (Å²) in [7, 11) is 0. The summed E-state index contributed by atoms with van der Waals surface area (Å²) in [6.07, 6.45) is -4.49. The largest absolute Gasteiger partial charge is 0.439 e. The van der Waals surface area contributed by atoms with E-state index in [4.69, 9.17) is 10.5 Å². The Labute approximate surface area is 107 Å². The number of nitrogens with two attached hydrogens (primary N) is 1. The first-order valence-corrected chi connectivity index (χ1v) is 5.51. The van der Waals surface area contributed by atoms with Crippen molar-refractivity contribution in [3.63, 3.8) is 0 Å². The van der Waals surface area contributed by atoms with E-state index in [1.54, 1.807) is 24.3 Å². The summed E-state index contributed by atoms with van der Waals surface area (Å²) in [5.41, 5.74) is 5.23. The van der Waals surface area contributed by atoms with E-state index in [-0.39, 0.29) is 12.4 Å². The lowest BCUT2D eigenvalue weighted by Gasteiger charge is -2.11. The molecule has 0 aliphatic heterocycles. The van der Waals surface area contributed by atoms with Crippen molar-refractivity contribution in [3.8, 4) is 11.6 Å². The molecule has 0 saturated heterocycles. The number of para-hydroxylation sites is 1. The van der Waals surface area contributed by atoms with Gasteiger partial charge < -0.3 is 10.5 Å². The smallest absolute Gasteiger partial charge is 0.433 e. The third kappa shape index (κ3) is 3.23. The Bertz CT molecular complexity index is 570. The summed E-state index contributed by atoms with van der Waals surface area (Å²) in [6.45, 7) is 0.231. The van der Waals surface area contributed by atoms with E-state index in [1.165, 1.54) is 12.1 Å². The van der Waals surface area contributed by atoms with Crippen LogP contribution in [-0.2, 0) is 12.7 Å². The highest BCUT2D eigenvalue weighted by atomic mass is 19.4. The number of pyridine rings is 1. The van der Waals surface area contributed by atoms with Crippen LogP contribution < -0.4 is 10.5 Å². The SMILES string of the molecule is NCc1ccccc1Oc1cccc(C(F)(F)F)n1. The van der Waals surface area contributed by atoms with Gasteiger partial charge in [-0.15, -0.1) is 0 Å². The van der Waals surface area contributed by atoms with Gasteiger partial charge >= 0.3 is 6.18 Å². The van der Waals surface area contributed by atoms with E-state index in [0.717, 1.165) is 6.07 Å². The molecule has 3 nitrogen and oxygen atoms in total. The molecule has 0 fully saturated rings. The molecule has 0 radical (unpaired) electrons. The average Bonchev–Trinajstić information content (AvgIpc) is 2.39. The lowest BCUT2D eigenvalue weighted by molar-refractivity contribution is -0.141. The summed E-state index contributed by atoms with van der Waals surface area (Å²) >= 11 is 0. The van der Waals surface area contributed by atoms with Crippen LogP contribution in [0.15, 0.2) is 42.5 Å². The summed E-state index contributed by atoms with van der Waals surface area (Å²) < 4.78 is 42.9. The molecule has 0 saturated carbocycles. The molecule has 0 aliphatic rings. The van der Waals surface area contributed by atoms with Crippen molar-refractivity contribution in [1.82, 2.24) is 4.98 Å². The number of alkyl halides is 3. The Balaban J connectivity index is 2.29. The first-order chi connectivity index (χ1) is 9.00. The average molecular weight is 268 g/mol. The molecule has 19 heavy (non-hydrogen) atoms. The first kappa shape index (κ1) is 13.4. The fourth-order valence-corrected chi connectivity index (χ4v) is 1.51. The van der Waals surface area contributed by atoms with Crippen LogP contribution in [0.5, 0.6) is 11.6 Å². The van der Waals surface area contributed by atoms with Crippen LogP contribution in [0.2, 0.25) is 0 Å². The highest BCUT2D eigenvalue weighted by Crippen LogP contribution is 2.30. The fourth-order valence-electron chi connectivity index (χ4n) is 1.51. The minimum Gasteiger partial charge on any atom is -0.439 e. The van der Waals surface area contributed by atoms with Crippen molar-refractivity contribution in [2.45, 2.75) is 12.7 Å². The number of nitrogens with zero attached hydrogens (tertiary/aromatic N) is 1. The number of aromatic nitrogens is 1. The highest BCUT2D eigenvalue weighted by Gasteiger charge is 2.32. The maximum absolute atomic E-state index is 12.5. The monoisotopic (exact) mass is 268 g/mol. The van der Waals surface area contributed by atoms with Gasteiger partial charge in [0.1, 0.15) is 11.4 Å². The van der Waals surface area contributed by atoms with E-state index in [0.29, 0.717) is 11.3 Å². The molecule has 0 atom stereocenters. The van der Waals surface area contributed by atoms with Gasteiger partial charge in [0.25, 0.3) is 0 Å². The third-order valence-electron chi connectivity index (χ3n) is 2.42. The van der Waals surface area contributed by atoms with Crippen molar-refractivity contribution >= 4 is 0 Å². The van der Waals surface area contributed by atoms with Gasteiger partial charge in [-0.3, -0.25) is 0 Å². The van der Waals surface area contributed by atoms with E-state index in [2.05, 4.69) is 4.98 Å². The predicted molar refractivity (Wildman–Crippen MR) is 63.6 cm³/mol. The Kier molecular flexibility index (Phi) is 3.71. The third-order valence-corrected chi connectivity index (χ3v) is 2.42. The van der Waals surface area contributed by atoms with E-state index in [1.807, 2.05) is 0 Å². The standard InChI is InChI=1S/C13H11F3N2O/c14-13(15,16)11-6-3-7-12(18-11)19-10-5-2-1-4-9(10)8-17/h1-7H,8,17H2. The van der Waals surface area contributed by atoms with Crippen LogP contribution in [-0.4, -0.2) is 4.98 Å². The van der Waals surface area contributed by atoms with Crippen molar-refractivity contribution in [2.75, 3.05) is 0 Å². The van der Waals surface area contributed by atoms with E-state index >= 15 is 0 Å². The molecule has 2 N–H and O–H groups in total. The summed E-state index contributed by atoms with van der Waals surface area (Å²) in [6, 6.07) is 10.4. The quantitative estimate of drug-likeness (QED) is 0.928. The summed E-state index contributed by atoms with van der Waals surface area (Å²) in [5, 5.41) is 0. The van der Waals surface area contributed by atoms with Gasteiger partial charge in [-0.05, 0) is 12.1 Å². The molecular weight excluding hydrogens is 257 g/mol. The van der Waals surface area contributed by atoms with Gasteiger partial charge in [0.2, 0.25) is 5.88 Å². The van der Waals surface area contributed by atoms with Gasteiger partial charge in [0, 0.05) is 18.2 Å². The molecule has 0 unspecified atom stereocenters. The molecule has 2 rings (SSSR count). The number of rotatable bonds is 3. The van der Waals surface area contributed by atoms with Crippen molar-refractivity contribution in [3.05, 3.63) is 53.7 Å². The van der Waals surface area contributed by atoms with Crippen LogP contribution in [0.4, 0.5) is 13.2 Å². The van der Waals surface area contributed by atoms with Gasteiger partial charge in [-0.25, -0.2) is 4.98 Å². The number of halogens is 3. The second kappa shape index (κ2) is 5.27. The predicted octanol–water partition coefficient (Wildman–Crippen LogP) is 3.35. The van der Waals surface area contributed by atoms with Gasteiger partial charge in [0.15, 0.2) is 0 Å². The van der Waals surface area contributed by atoms with Crippen molar-refractivity contribution in [2.24, 2.45) is 5.73 Å². The highest BCUT2D eigenvalue weighted by molar-refractivity contribution is 5.36. The van der Waals surface area contributed by atoms with E-state index in [9.17, 15) is 13.2 Å². The minimum atomic E-state index is -4.49. The number of hydrogen-bond acceptors (Lipinski definition) is 3.